The van der Waals surface area contributed by atoms with Crippen molar-refractivity contribution in [2.24, 2.45) is 0 Å². The molecule has 10 nitrogen and oxygen atoms in total. The number of H-pyrrole nitrogens is 1. The van der Waals surface area contributed by atoms with Crippen molar-refractivity contribution in [1.29, 1.82) is 0 Å². The van der Waals surface area contributed by atoms with E-state index in [1.807, 2.05) is 0 Å². The first-order chi connectivity index (χ1) is 10.5. The highest BCUT2D eigenvalue weighted by Gasteiger charge is 2.19. The molecule has 0 aliphatic heterocycles. The highest BCUT2D eigenvalue weighted by molar-refractivity contribution is 5.77. The van der Waals surface area contributed by atoms with Crippen molar-refractivity contribution in [3.05, 3.63) is 56.3 Å². The number of aromatic nitrogens is 4. The van der Waals surface area contributed by atoms with E-state index in [1.54, 1.807) is 6.92 Å². The van der Waals surface area contributed by atoms with Gasteiger partial charge < -0.3 is 15.1 Å². The second-order valence-electron chi connectivity index (χ2n) is 4.65. The van der Waals surface area contributed by atoms with Gasteiger partial charge in [-0.05, 0) is 11.0 Å². The fourth-order valence-electron chi connectivity index (χ4n) is 2.19. The highest BCUT2D eigenvalue weighted by atomic mass is 16.6. The fraction of sp³-hybridized carbons (Fsp3) is 0.167. The highest BCUT2D eigenvalue weighted by Crippen LogP contribution is 2.20. The van der Waals surface area contributed by atoms with Crippen LogP contribution in [0.4, 0.5) is 11.5 Å². The van der Waals surface area contributed by atoms with Gasteiger partial charge in [0.15, 0.2) is 12.4 Å². The maximum atomic E-state index is 11.0. The van der Waals surface area contributed by atoms with Gasteiger partial charge in [-0.2, -0.15) is 0 Å². The minimum absolute atomic E-state index is 0.0486. The van der Waals surface area contributed by atoms with Crippen LogP contribution in [0.1, 0.15) is 11.6 Å². The molecule has 0 fully saturated rings. The molecule has 3 aromatic rings. The zero-order valence-corrected chi connectivity index (χ0v) is 11.4. The van der Waals surface area contributed by atoms with Crippen LogP contribution in [-0.2, 0) is 6.54 Å². The molecule has 0 saturated heterocycles. The van der Waals surface area contributed by atoms with E-state index >= 15 is 0 Å². The number of hydrogen-bond acceptors (Lipinski definition) is 6. The van der Waals surface area contributed by atoms with Gasteiger partial charge in [0.1, 0.15) is 12.0 Å². The Bertz CT molecular complexity index is 896. The van der Waals surface area contributed by atoms with E-state index in [0.29, 0.717) is 22.7 Å². The van der Waals surface area contributed by atoms with E-state index in [0.717, 1.165) is 0 Å². The first-order valence-corrected chi connectivity index (χ1v) is 6.25. The summed E-state index contributed by atoms with van der Waals surface area (Å²) in [6, 6.07) is 4.27. The Hall–Kier alpha value is -3.30. The van der Waals surface area contributed by atoms with Gasteiger partial charge in [-0.25, -0.2) is 14.5 Å². The minimum Gasteiger partial charge on any atom is -0.358 e. The molecule has 0 bridgehead atoms. The molecule has 1 N–H and O–H groups in total. The van der Waals surface area contributed by atoms with Crippen LogP contribution in [0.2, 0.25) is 0 Å². The number of nitrogens with zero attached hydrogens (tertiary/aromatic N) is 5. The first-order valence-electron chi connectivity index (χ1n) is 6.25. The Morgan fingerprint density at radius 1 is 1.27 bits per heavy atom. The summed E-state index contributed by atoms with van der Waals surface area (Å²) in [5.41, 5.74) is 1.01. The quantitative estimate of drug-likeness (QED) is 0.578. The summed E-state index contributed by atoms with van der Waals surface area (Å²) >= 11 is 0. The zero-order chi connectivity index (χ0) is 15.9. The Labute approximate surface area is 122 Å². The van der Waals surface area contributed by atoms with Gasteiger partial charge in [-0.1, -0.05) is 0 Å². The summed E-state index contributed by atoms with van der Waals surface area (Å²) in [6.45, 7) is 1.78. The Kier molecular flexibility index (Phi) is 3.05. The smallest absolute Gasteiger partial charge is 0.343 e. The van der Waals surface area contributed by atoms with Crippen molar-refractivity contribution in [1.82, 2.24) is 19.5 Å². The number of non-ortho nitro benzene ring substituents is 1. The molecule has 112 valence electrons. The lowest BCUT2D eigenvalue weighted by Crippen LogP contribution is -2.07. The summed E-state index contributed by atoms with van der Waals surface area (Å²) in [6.07, 6.45) is 1.18. The lowest BCUT2D eigenvalue weighted by Gasteiger charge is -1.99. The van der Waals surface area contributed by atoms with Gasteiger partial charge in [-0.15, -0.1) is 0 Å². The Morgan fingerprint density at radius 3 is 2.73 bits per heavy atom. The standard InChI is InChI=1S/C12H10N6O4/c1-7-13-5-12(18(21)22)16(7)6-11-14-9-3-2-8(17(19)20)4-10(9)15-11/h2-5H,6H2,1H3,(H,14,15). The summed E-state index contributed by atoms with van der Waals surface area (Å²) in [7, 11) is 0. The first kappa shape index (κ1) is 13.7. The second-order valence-corrected chi connectivity index (χ2v) is 4.65. The van der Waals surface area contributed by atoms with Crippen LogP contribution in [0.5, 0.6) is 0 Å². The molecule has 3 rings (SSSR count). The predicted molar refractivity (Wildman–Crippen MR) is 75.5 cm³/mol. The van der Waals surface area contributed by atoms with Gasteiger partial charge in [0.25, 0.3) is 5.69 Å². The number of rotatable bonds is 4. The largest absolute Gasteiger partial charge is 0.358 e. The molecule has 0 spiro atoms. The minimum atomic E-state index is -0.520. The lowest BCUT2D eigenvalue weighted by atomic mass is 10.3. The van der Waals surface area contributed by atoms with Crippen molar-refractivity contribution < 1.29 is 9.85 Å². The number of aromatic amines is 1. The van der Waals surface area contributed by atoms with Crippen LogP contribution in [0.15, 0.2) is 24.4 Å². The van der Waals surface area contributed by atoms with Crippen LogP contribution in [0, 0.1) is 27.2 Å². The molecule has 1 aromatic carbocycles. The van der Waals surface area contributed by atoms with Crippen molar-refractivity contribution in [2.75, 3.05) is 0 Å². The average Bonchev–Trinajstić information content (AvgIpc) is 3.02. The molecule has 0 radical (unpaired) electrons. The van der Waals surface area contributed by atoms with Gasteiger partial charge in [-0.3, -0.25) is 10.1 Å². The monoisotopic (exact) mass is 302 g/mol. The predicted octanol–water partition coefficient (Wildman–Crippen LogP) is 1.93. The molecule has 0 unspecified atom stereocenters. The topological polar surface area (TPSA) is 133 Å². The maximum Gasteiger partial charge on any atom is 0.343 e. The summed E-state index contributed by atoms with van der Waals surface area (Å²) in [5.74, 6) is 0.807. The van der Waals surface area contributed by atoms with E-state index in [4.69, 9.17) is 0 Å². The molecule has 0 aliphatic rings. The van der Waals surface area contributed by atoms with Crippen LogP contribution >= 0.6 is 0 Å². The third kappa shape index (κ3) is 2.26. The molecule has 22 heavy (non-hydrogen) atoms. The van der Waals surface area contributed by atoms with Crippen molar-refractivity contribution in [3.8, 4) is 0 Å². The van der Waals surface area contributed by atoms with Crippen LogP contribution in [-0.4, -0.2) is 29.4 Å². The molecule has 0 saturated carbocycles. The van der Waals surface area contributed by atoms with Crippen molar-refractivity contribution >= 4 is 22.5 Å². The van der Waals surface area contributed by atoms with Crippen molar-refractivity contribution in [2.45, 2.75) is 13.5 Å². The molecular weight excluding hydrogens is 292 g/mol. The SMILES string of the molecule is Cc1ncc([N+](=O)[O-])n1Cc1nc2ccc([N+](=O)[O-])cc2[nH]1. The second kappa shape index (κ2) is 4.91. The fourth-order valence-corrected chi connectivity index (χ4v) is 2.19. The normalized spacial score (nSPS) is 11.0. The molecule has 0 aliphatic carbocycles. The van der Waals surface area contributed by atoms with Gasteiger partial charge >= 0.3 is 5.82 Å². The Balaban J connectivity index is 2.00. The number of hydrogen-bond donors (Lipinski definition) is 1. The number of imidazole rings is 2. The van der Waals surface area contributed by atoms with E-state index in [1.165, 1.54) is 29.0 Å². The third-order valence-corrected chi connectivity index (χ3v) is 3.25. The molecule has 0 atom stereocenters. The molecule has 10 heteroatoms. The van der Waals surface area contributed by atoms with Crippen LogP contribution in [0.3, 0.4) is 0 Å². The van der Waals surface area contributed by atoms with E-state index in [-0.39, 0.29) is 18.1 Å². The maximum absolute atomic E-state index is 11.0. The molecular formula is C12H10N6O4. The van der Waals surface area contributed by atoms with Crippen LogP contribution in [0.25, 0.3) is 11.0 Å². The van der Waals surface area contributed by atoms with E-state index in [2.05, 4.69) is 15.0 Å². The summed E-state index contributed by atoms with van der Waals surface area (Å²) < 4.78 is 1.41. The number of nitro groups is 2. The number of nitrogens with one attached hydrogen (secondary N) is 1. The van der Waals surface area contributed by atoms with E-state index in [9.17, 15) is 20.2 Å². The number of aryl methyl sites for hydroxylation is 1. The zero-order valence-electron chi connectivity index (χ0n) is 11.4. The van der Waals surface area contributed by atoms with Gasteiger partial charge in [0.05, 0.1) is 16.0 Å². The van der Waals surface area contributed by atoms with E-state index < -0.39 is 9.85 Å². The van der Waals surface area contributed by atoms with Gasteiger partial charge in [0, 0.05) is 19.1 Å². The number of benzene rings is 1. The third-order valence-electron chi connectivity index (χ3n) is 3.25. The molecule has 2 heterocycles. The Morgan fingerprint density at radius 2 is 2.05 bits per heavy atom. The number of fused-ring (bicyclic) bond motifs is 1. The lowest BCUT2D eigenvalue weighted by molar-refractivity contribution is -0.392. The van der Waals surface area contributed by atoms with Gasteiger partial charge in [0.2, 0.25) is 0 Å². The molecule has 2 aromatic heterocycles. The van der Waals surface area contributed by atoms with Crippen LogP contribution < -0.4 is 0 Å². The summed E-state index contributed by atoms with van der Waals surface area (Å²) in [5, 5.41) is 21.7. The summed E-state index contributed by atoms with van der Waals surface area (Å²) in [4.78, 5) is 31.8. The average molecular weight is 302 g/mol. The molecule has 0 amide bonds. The van der Waals surface area contributed by atoms with Crippen molar-refractivity contribution in [3.63, 3.8) is 0 Å². The number of nitro benzene ring substituents is 1.